The van der Waals surface area contributed by atoms with E-state index in [0.29, 0.717) is 11.3 Å². The van der Waals surface area contributed by atoms with Gasteiger partial charge in [0.2, 0.25) is 16.4 Å². The number of halogens is 2. The molecule has 1 saturated heterocycles. The Hall–Kier alpha value is -1.21. The molecule has 0 bridgehead atoms. The number of ether oxygens (including phenoxy) is 1. The number of rotatable bonds is 4. The van der Waals surface area contributed by atoms with Gasteiger partial charge in [0.05, 0.1) is 12.0 Å². The van der Waals surface area contributed by atoms with Gasteiger partial charge in [0.15, 0.2) is 0 Å². The summed E-state index contributed by atoms with van der Waals surface area (Å²) >= 11 is 0. The van der Waals surface area contributed by atoms with Gasteiger partial charge < -0.3 is 4.74 Å². The van der Waals surface area contributed by atoms with Crippen LogP contribution in [0.25, 0.3) is 0 Å². The van der Waals surface area contributed by atoms with Crippen LogP contribution in [0.15, 0.2) is 23.1 Å². The molecule has 4 nitrogen and oxygen atoms in total. The Morgan fingerprint density at radius 1 is 1.37 bits per heavy atom. The molecule has 0 spiro atoms. The van der Waals surface area contributed by atoms with Gasteiger partial charge in [0.25, 0.3) is 0 Å². The van der Waals surface area contributed by atoms with E-state index in [0.717, 1.165) is 4.31 Å². The van der Waals surface area contributed by atoms with Crippen molar-refractivity contribution in [2.24, 2.45) is 5.92 Å². The minimum absolute atomic E-state index is 0.110. The highest BCUT2D eigenvalue weighted by molar-refractivity contribution is 7.89. The van der Waals surface area contributed by atoms with Gasteiger partial charge >= 0.3 is 0 Å². The summed E-state index contributed by atoms with van der Waals surface area (Å²) < 4.78 is 55.2. The van der Waals surface area contributed by atoms with Crippen molar-refractivity contribution >= 4 is 10.0 Å². The SMILES string of the molecule is COc1ccc(S(=O)(=O)N2CC(C(F)F)C2)cc1C. The Labute approximate surface area is 111 Å². The Morgan fingerprint density at radius 2 is 2.00 bits per heavy atom. The third kappa shape index (κ3) is 2.57. The van der Waals surface area contributed by atoms with Crippen molar-refractivity contribution in [3.05, 3.63) is 23.8 Å². The lowest BCUT2D eigenvalue weighted by Gasteiger charge is -2.37. The maximum Gasteiger partial charge on any atom is 0.243 e. The van der Waals surface area contributed by atoms with Crippen molar-refractivity contribution in [2.45, 2.75) is 18.2 Å². The molecule has 19 heavy (non-hydrogen) atoms. The summed E-state index contributed by atoms with van der Waals surface area (Å²) in [6.07, 6.45) is -2.47. The van der Waals surface area contributed by atoms with E-state index in [9.17, 15) is 17.2 Å². The highest BCUT2D eigenvalue weighted by atomic mass is 32.2. The van der Waals surface area contributed by atoms with Crippen LogP contribution in [0.5, 0.6) is 5.75 Å². The van der Waals surface area contributed by atoms with Gasteiger partial charge in [0.1, 0.15) is 5.75 Å². The second-order valence-electron chi connectivity index (χ2n) is 4.55. The van der Waals surface area contributed by atoms with E-state index in [2.05, 4.69) is 0 Å². The van der Waals surface area contributed by atoms with Gasteiger partial charge in [-0.1, -0.05) is 0 Å². The molecule has 7 heteroatoms. The number of sulfonamides is 1. The molecular formula is C12H15F2NO3S. The first-order valence-electron chi connectivity index (χ1n) is 5.79. The summed E-state index contributed by atoms with van der Waals surface area (Å²) in [5.41, 5.74) is 0.689. The number of hydrogen-bond acceptors (Lipinski definition) is 3. The van der Waals surface area contributed by atoms with Crippen molar-refractivity contribution in [1.82, 2.24) is 4.31 Å². The average Bonchev–Trinajstić information content (AvgIpc) is 2.25. The quantitative estimate of drug-likeness (QED) is 0.851. The molecule has 1 aliphatic heterocycles. The fraction of sp³-hybridized carbons (Fsp3) is 0.500. The zero-order valence-corrected chi connectivity index (χ0v) is 11.5. The molecule has 0 N–H and O–H groups in total. The largest absolute Gasteiger partial charge is 0.496 e. The van der Waals surface area contributed by atoms with E-state index in [-0.39, 0.29) is 18.0 Å². The average molecular weight is 291 g/mol. The van der Waals surface area contributed by atoms with Gasteiger partial charge in [-0.25, -0.2) is 17.2 Å². The normalized spacial score (nSPS) is 17.5. The predicted molar refractivity (Wildman–Crippen MR) is 66.0 cm³/mol. The van der Waals surface area contributed by atoms with Gasteiger partial charge in [-0.15, -0.1) is 0 Å². The molecule has 1 aromatic rings. The minimum atomic E-state index is -3.67. The van der Waals surface area contributed by atoms with Gasteiger partial charge in [0, 0.05) is 19.0 Å². The number of alkyl halides is 2. The topological polar surface area (TPSA) is 46.6 Å². The summed E-state index contributed by atoms with van der Waals surface area (Å²) in [4.78, 5) is 0.110. The van der Waals surface area contributed by atoms with E-state index in [4.69, 9.17) is 4.74 Å². The third-order valence-electron chi connectivity index (χ3n) is 3.24. The van der Waals surface area contributed by atoms with Crippen LogP contribution in [0.2, 0.25) is 0 Å². The number of hydrogen-bond donors (Lipinski definition) is 0. The Balaban J connectivity index is 2.20. The molecule has 2 rings (SSSR count). The molecular weight excluding hydrogens is 276 g/mol. The van der Waals surface area contributed by atoms with Gasteiger partial charge in [-0.3, -0.25) is 0 Å². The molecule has 0 amide bonds. The molecule has 0 aromatic heterocycles. The summed E-state index contributed by atoms with van der Waals surface area (Å²) in [5, 5.41) is 0. The molecule has 1 aliphatic rings. The smallest absolute Gasteiger partial charge is 0.243 e. The molecule has 106 valence electrons. The van der Waals surface area contributed by atoms with Crippen LogP contribution in [0.1, 0.15) is 5.56 Å². The van der Waals surface area contributed by atoms with Crippen LogP contribution in [-0.2, 0) is 10.0 Å². The van der Waals surface area contributed by atoms with E-state index in [1.165, 1.54) is 19.2 Å². The molecule has 0 unspecified atom stereocenters. The van der Waals surface area contributed by atoms with Crippen molar-refractivity contribution in [1.29, 1.82) is 0 Å². The minimum Gasteiger partial charge on any atom is -0.496 e. The first kappa shape index (κ1) is 14.2. The van der Waals surface area contributed by atoms with Crippen molar-refractivity contribution < 1.29 is 21.9 Å². The summed E-state index contributed by atoms with van der Waals surface area (Å²) in [7, 11) is -2.17. The van der Waals surface area contributed by atoms with Gasteiger partial charge in [-0.2, -0.15) is 4.31 Å². The lowest BCUT2D eigenvalue weighted by molar-refractivity contribution is 0.0123. The molecule has 0 radical (unpaired) electrons. The van der Waals surface area contributed by atoms with E-state index in [1.54, 1.807) is 13.0 Å². The van der Waals surface area contributed by atoms with Crippen LogP contribution < -0.4 is 4.74 Å². The summed E-state index contributed by atoms with van der Waals surface area (Å²) in [6, 6.07) is 4.48. The van der Waals surface area contributed by atoms with E-state index < -0.39 is 22.4 Å². The maximum atomic E-state index is 12.4. The Bertz CT molecular complexity index is 568. The molecule has 0 saturated carbocycles. The third-order valence-corrected chi connectivity index (χ3v) is 5.06. The lowest BCUT2D eigenvalue weighted by Crippen LogP contribution is -2.52. The Morgan fingerprint density at radius 3 is 2.47 bits per heavy atom. The predicted octanol–water partition coefficient (Wildman–Crippen LogP) is 1.89. The number of aryl methyl sites for hydroxylation is 1. The molecule has 0 aliphatic carbocycles. The van der Waals surface area contributed by atoms with Gasteiger partial charge in [-0.05, 0) is 30.7 Å². The Kier molecular flexibility index (Phi) is 3.78. The van der Waals surface area contributed by atoms with Crippen LogP contribution in [-0.4, -0.2) is 39.3 Å². The molecule has 0 atom stereocenters. The maximum absolute atomic E-state index is 12.4. The summed E-state index contributed by atoms with van der Waals surface area (Å²) in [5.74, 6) is -0.262. The second kappa shape index (κ2) is 5.05. The molecule has 1 aromatic carbocycles. The van der Waals surface area contributed by atoms with Crippen molar-refractivity contribution in [2.75, 3.05) is 20.2 Å². The van der Waals surface area contributed by atoms with Crippen molar-refractivity contribution in [3.63, 3.8) is 0 Å². The second-order valence-corrected chi connectivity index (χ2v) is 6.49. The van der Waals surface area contributed by atoms with Crippen LogP contribution >= 0.6 is 0 Å². The zero-order valence-electron chi connectivity index (χ0n) is 10.6. The fourth-order valence-corrected chi connectivity index (χ4v) is 3.63. The van der Waals surface area contributed by atoms with Crippen LogP contribution in [0.3, 0.4) is 0 Å². The van der Waals surface area contributed by atoms with E-state index in [1.807, 2.05) is 0 Å². The standard InChI is InChI=1S/C12H15F2NO3S/c1-8-5-10(3-4-11(8)18-2)19(16,17)15-6-9(7-15)12(13)14/h3-5,9,12H,6-7H2,1-2H3. The lowest BCUT2D eigenvalue weighted by atomic mass is 10.1. The first-order valence-corrected chi connectivity index (χ1v) is 7.23. The monoisotopic (exact) mass is 291 g/mol. The molecule has 1 fully saturated rings. The number of nitrogens with zero attached hydrogens (tertiary/aromatic N) is 1. The highest BCUT2D eigenvalue weighted by Gasteiger charge is 2.41. The number of methoxy groups -OCH3 is 1. The molecule has 1 heterocycles. The van der Waals surface area contributed by atoms with Crippen LogP contribution in [0, 0.1) is 12.8 Å². The summed E-state index contributed by atoms with van der Waals surface area (Å²) in [6.45, 7) is 1.49. The first-order chi connectivity index (χ1) is 8.86. The fourth-order valence-electron chi connectivity index (χ4n) is 1.99. The zero-order chi connectivity index (χ0) is 14.2. The van der Waals surface area contributed by atoms with E-state index >= 15 is 0 Å². The van der Waals surface area contributed by atoms with Crippen molar-refractivity contribution in [3.8, 4) is 5.75 Å². The highest BCUT2D eigenvalue weighted by Crippen LogP contribution is 2.30. The van der Waals surface area contributed by atoms with Crippen LogP contribution in [0.4, 0.5) is 8.78 Å². The number of benzene rings is 1.